The van der Waals surface area contributed by atoms with Crippen LogP contribution in [0.2, 0.25) is 0 Å². The number of nitrogens with zero attached hydrogens (tertiary/aromatic N) is 2. The molecule has 1 aromatic rings. The Labute approximate surface area is 67.7 Å². The van der Waals surface area contributed by atoms with Gasteiger partial charge in [0.2, 0.25) is 0 Å². The summed E-state index contributed by atoms with van der Waals surface area (Å²) in [7, 11) is 0. The molecule has 0 aliphatic carbocycles. The van der Waals surface area contributed by atoms with Gasteiger partial charge in [-0.25, -0.2) is 9.97 Å². The first-order chi connectivity index (χ1) is 5.22. The van der Waals surface area contributed by atoms with E-state index in [0.29, 0.717) is 11.8 Å². The van der Waals surface area contributed by atoms with Gasteiger partial charge in [-0.1, -0.05) is 20.8 Å². The van der Waals surface area contributed by atoms with Gasteiger partial charge in [-0.05, 0) is 12.0 Å². The van der Waals surface area contributed by atoms with Gasteiger partial charge in [-0.2, -0.15) is 0 Å². The molecule has 1 atom stereocenters. The number of aromatic nitrogens is 2. The zero-order valence-corrected chi connectivity index (χ0v) is 7.28. The summed E-state index contributed by atoms with van der Waals surface area (Å²) in [5.41, 5.74) is 0. The van der Waals surface area contributed by atoms with Crippen LogP contribution in [-0.2, 0) is 0 Å². The Morgan fingerprint density at radius 3 is 2.09 bits per heavy atom. The summed E-state index contributed by atoms with van der Waals surface area (Å²) < 4.78 is 0. The molecule has 2 nitrogen and oxygen atoms in total. The predicted octanol–water partition coefficient (Wildman–Crippen LogP) is 2.24. The first-order valence-corrected chi connectivity index (χ1v) is 3.98. The molecule has 0 aromatic carbocycles. The zero-order chi connectivity index (χ0) is 8.27. The largest absolute Gasteiger partial charge is 0.241 e. The summed E-state index contributed by atoms with van der Waals surface area (Å²) >= 11 is 0. The van der Waals surface area contributed by atoms with E-state index in [2.05, 4.69) is 30.7 Å². The fraction of sp³-hybridized carbons (Fsp3) is 0.556. The molecule has 1 aromatic heterocycles. The van der Waals surface area contributed by atoms with Crippen molar-refractivity contribution >= 4 is 0 Å². The first kappa shape index (κ1) is 8.18. The van der Waals surface area contributed by atoms with Crippen LogP contribution in [-0.4, -0.2) is 9.97 Å². The molecule has 2 heteroatoms. The molecule has 1 rings (SSSR count). The minimum atomic E-state index is 0.455. The van der Waals surface area contributed by atoms with Crippen LogP contribution in [0.5, 0.6) is 0 Å². The van der Waals surface area contributed by atoms with E-state index in [1.165, 1.54) is 0 Å². The van der Waals surface area contributed by atoms with Gasteiger partial charge < -0.3 is 0 Å². The van der Waals surface area contributed by atoms with Crippen LogP contribution in [0.25, 0.3) is 0 Å². The lowest BCUT2D eigenvalue weighted by molar-refractivity contribution is 0.510. The molecule has 11 heavy (non-hydrogen) atoms. The highest BCUT2D eigenvalue weighted by molar-refractivity contribution is 4.96. The van der Waals surface area contributed by atoms with Gasteiger partial charge in [-0.15, -0.1) is 0 Å². The number of rotatable bonds is 2. The van der Waals surface area contributed by atoms with E-state index in [-0.39, 0.29) is 0 Å². The third-order valence-corrected chi connectivity index (χ3v) is 1.99. The van der Waals surface area contributed by atoms with Crippen molar-refractivity contribution in [3.8, 4) is 0 Å². The average molecular weight is 150 g/mol. The van der Waals surface area contributed by atoms with Crippen LogP contribution in [0, 0.1) is 5.92 Å². The Hall–Kier alpha value is -0.920. The van der Waals surface area contributed by atoms with Crippen LogP contribution < -0.4 is 0 Å². The second-order valence-corrected chi connectivity index (χ2v) is 3.14. The first-order valence-electron chi connectivity index (χ1n) is 3.98. The second kappa shape index (κ2) is 3.46. The molecule has 0 amide bonds. The van der Waals surface area contributed by atoms with Gasteiger partial charge in [0.15, 0.2) is 0 Å². The van der Waals surface area contributed by atoms with Gasteiger partial charge in [0.05, 0.1) is 0 Å². The minimum Gasteiger partial charge on any atom is -0.241 e. The standard InChI is InChI=1S/C9H14N2/c1-7(2)8(3)9-10-5-4-6-11-9/h4-8H,1-3H3/t8-/m0/s1. The minimum absolute atomic E-state index is 0.455. The maximum atomic E-state index is 4.19. The molecular formula is C9H14N2. The number of hydrogen-bond donors (Lipinski definition) is 0. The summed E-state index contributed by atoms with van der Waals surface area (Å²) in [6, 6.07) is 1.84. The van der Waals surface area contributed by atoms with Crippen molar-refractivity contribution in [2.45, 2.75) is 26.7 Å². The highest BCUT2D eigenvalue weighted by Crippen LogP contribution is 2.18. The summed E-state index contributed by atoms with van der Waals surface area (Å²) in [4.78, 5) is 8.38. The van der Waals surface area contributed by atoms with E-state index in [1.807, 2.05) is 6.07 Å². The summed E-state index contributed by atoms with van der Waals surface area (Å²) in [5, 5.41) is 0. The molecule has 1 heterocycles. The summed E-state index contributed by atoms with van der Waals surface area (Å²) in [6.07, 6.45) is 3.59. The highest BCUT2D eigenvalue weighted by Gasteiger charge is 2.11. The lowest BCUT2D eigenvalue weighted by atomic mass is 9.97. The van der Waals surface area contributed by atoms with Crippen molar-refractivity contribution in [3.63, 3.8) is 0 Å². The van der Waals surface area contributed by atoms with Crippen molar-refractivity contribution < 1.29 is 0 Å². The quantitative estimate of drug-likeness (QED) is 0.646. The Morgan fingerprint density at radius 2 is 1.64 bits per heavy atom. The predicted molar refractivity (Wildman–Crippen MR) is 45.3 cm³/mol. The van der Waals surface area contributed by atoms with E-state index < -0.39 is 0 Å². The lowest BCUT2D eigenvalue weighted by Crippen LogP contribution is -2.05. The van der Waals surface area contributed by atoms with Gasteiger partial charge in [0.1, 0.15) is 5.82 Å². The molecule has 0 aliphatic rings. The van der Waals surface area contributed by atoms with Crippen molar-refractivity contribution in [1.29, 1.82) is 0 Å². The van der Waals surface area contributed by atoms with Crippen LogP contribution >= 0.6 is 0 Å². The van der Waals surface area contributed by atoms with Crippen LogP contribution in [0.3, 0.4) is 0 Å². The van der Waals surface area contributed by atoms with Crippen molar-refractivity contribution in [2.75, 3.05) is 0 Å². The van der Waals surface area contributed by atoms with Gasteiger partial charge in [0.25, 0.3) is 0 Å². The molecule has 0 spiro atoms. The molecule has 0 saturated carbocycles. The fourth-order valence-corrected chi connectivity index (χ4v) is 0.844. The maximum absolute atomic E-state index is 4.19. The fourth-order valence-electron chi connectivity index (χ4n) is 0.844. The van der Waals surface area contributed by atoms with E-state index in [1.54, 1.807) is 12.4 Å². The molecule has 0 radical (unpaired) electrons. The molecule has 0 bridgehead atoms. The van der Waals surface area contributed by atoms with Gasteiger partial charge in [0, 0.05) is 18.3 Å². The van der Waals surface area contributed by atoms with E-state index in [4.69, 9.17) is 0 Å². The Morgan fingerprint density at radius 1 is 1.09 bits per heavy atom. The molecule has 0 aliphatic heterocycles. The van der Waals surface area contributed by atoms with Crippen LogP contribution in [0.4, 0.5) is 0 Å². The summed E-state index contributed by atoms with van der Waals surface area (Å²) in [5.74, 6) is 2.01. The van der Waals surface area contributed by atoms with Gasteiger partial charge in [-0.3, -0.25) is 0 Å². The highest BCUT2D eigenvalue weighted by atomic mass is 14.9. The zero-order valence-electron chi connectivity index (χ0n) is 7.28. The smallest absolute Gasteiger partial charge is 0.131 e. The summed E-state index contributed by atoms with van der Waals surface area (Å²) in [6.45, 7) is 6.52. The van der Waals surface area contributed by atoms with E-state index >= 15 is 0 Å². The maximum Gasteiger partial charge on any atom is 0.131 e. The lowest BCUT2D eigenvalue weighted by Gasteiger charge is -2.12. The van der Waals surface area contributed by atoms with Crippen LogP contribution in [0.15, 0.2) is 18.5 Å². The Balaban J connectivity index is 2.77. The molecule has 0 fully saturated rings. The molecule has 0 saturated heterocycles. The second-order valence-electron chi connectivity index (χ2n) is 3.14. The molecular weight excluding hydrogens is 136 g/mol. The average Bonchev–Trinajstić information content (AvgIpc) is 2.05. The normalized spacial score (nSPS) is 13.5. The molecule has 0 N–H and O–H groups in total. The van der Waals surface area contributed by atoms with Crippen molar-refractivity contribution in [1.82, 2.24) is 9.97 Å². The van der Waals surface area contributed by atoms with E-state index in [9.17, 15) is 0 Å². The SMILES string of the molecule is CC(C)[C@H](C)c1ncccn1. The van der Waals surface area contributed by atoms with Crippen molar-refractivity contribution in [3.05, 3.63) is 24.3 Å². The third-order valence-electron chi connectivity index (χ3n) is 1.99. The molecule has 60 valence electrons. The Kier molecular flexibility index (Phi) is 2.58. The molecule has 0 unspecified atom stereocenters. The monoisotopic (exact) mass is 150 g/mol. The topological polar surface area (TPSA) is 25.8 Å². The van der Waals surface area contributed by atoms with Crippen molar-refractivity contribution in [2.24, 2.45) is 5.92 Å². The van der Waals surface area contributed by atoms with Crippen LogP contribution in [0.1, 0.15) is 32.5 Å². The number of hydrogen-bond acceptors (Lipinski definition) is 2. The Bertz CT molecular complexity index is 206. The van der Waals surface area contributed by atoms with Gasteiger partial charge >= 0.3 is 0 Å². The third kappa shape index (κ3) is 2.00. The van der Waals surface area contributed by atoms with E-state index in [0.717, 1.165) is 5.82 Å².